The highest BCUT2D eigenvalue weighted by Gasteiger charge is 2.12. The van der Waals surface area contributed by atoms with Gasteiger partial charge in [-0.2, -0.15) is 5.26 Å². The maximum absolute atomic E-state index is 12.6. The second-order valence-electron chi connectivity index (χ2n) is 5.42. The van der Waals surface area contributed by atoms with Crippen molar-refractivity contribution in [2.24, 2.45) is 0 Å². The topological polar surface area (TPSA) is 62.1 Å². The van der Waals surface area contributed by atoms with Gasteiger partial charge in [-0.15, -0.1) is 0 Å². The Morgan fingerprint density at radius 1 is 0.960 bits per heavy atom. The lowest BCUT2D eigenvalue weighted by molar-refractivity contribution is 0.102. The summed E-state index contributed by atoms with van der Waals surface area (Å²) in [5.41, 5.74) is 2.54. The Labute approximate surface area is 146 Å². The van der Waals surface area contributed by atoms with Crippen LogP contribution in [-0.4, -0.2) is 5.91 Å². The van der Waals surface area contributed by atoms with E-state index in [4.69, 9.17) is 10.00 Å². The number of anilines is 1. The zero-order chi connectivity index (χ0) is 17.5. The molecule has 0 fully saturated rings. The minimum Gasteiger partial charge on any atom is -0.488 e. The van der Waals surface area contributed by atoms with Crippen LogP contribution in [0.4, 0.5) is 5.69 Å². The van der Waals surface area contributed by atoms with Gasteiger partial charge in [-0.25, -0.2) is 0 Å². The summed E-state index contributed by atoms with van der Waals surface area (Å²) in [7, 11) is 0. The quantitative estimate of drug-likeness (QED) is 0.755. The Hall–Kier alpha value is -3.58. The Balaban J connectivity index is 1.75. The van der Waals surface area contributed by atoms with E-state index in [-0.39, 0.29) is 5.91 Å². The van der Waals surface area contributed by atoms with Crippen LogP contribution in [0.1, 0.15) is 21.5 Å². The number of nitrogens with zero attached hydrogens (tertiary/aromatic N) is 1. The molecule has 0 unspecified atom stereocenters. The smallest absolute Gasteiger partial charge is 0.259 e. The molecule has 0 aliphatic heterocycles. The molecule has 3 aromatic carbocycles. The van der Waals surface area contributed by atoms with Crippen LogP contribution in [0.2, 0.25) is 0 Å². The minimum atomic E-state index is -0.279. The van der Waals surface area contributed by atoms with E-state index in [1.54, 1.807) is 42.5 Å². The lowest BCUT2D eigenvalue weighted by atomic mass is 10.1. The van der Waals surface area contributed by atoms with Crippen LogP contribution in [0, 0.1) is 11.3 Å². The maximum Gasteiger partial charge on any atom is 0.259 e. The molecule has 4 nitrogen and oxygen atoms in total. The van der Waals surface area contributed by atoms with Crippen molar-refractivity contribution in [2.45, 2.75) is 6.61 Å². The number of carbonyl (C=O) groups is 1. The third kappa shape index (κ3) is 4.24. The molecule has 0 bridgehead atoms. The second kappa shape index (κ2) is 7.80. The first-order chi connectivity index (χ1) is 12.3. The SMILES string of the molecule is N#Cc1cccc(NC(=O)c2ccccc2OCc2ccccc2)c1. The summed E-state index contributed by atoms with van der Waals surface area (Å²) in [5, 5.41) is 11.8. The summed E-state index contributed by atoms with van der Waals surface area (Å²) >= 11 is 0. The second-order valence-corrected chi connectivity index (χ2v) is 5.42. The summed E-state index contributed by atoms with van der Waals surface area (Å²) in [5.74, 6) is 0.235. The van der Waals surface area contributed by atoms with Crippen LogP contribution in [0.25, 0.3) is 0 Å². The van der Waals surface area contributed by atoms with Crippen molar-refractivity contribution in [2.75, 3.05) is 5.32 Å². The fraction of sp³-hybridized carbons (Fsp3) is 0.0476. The first-order valence-electron chi connectivity index (χ1n) is 7.83. The average Bonchev–Trinajstić information content (AvgIpc) is 2.67. The van der Waals surface area contributed by atoms with Crippen molar-refractivity contribution in [3.63, 3.8) is 0 Å². The number of amides is 1. The molecule has 1 N–H and O–H groups in total. The zero-order valence-corrected chi connectivity index (χ0v) is 13.5. The molecule has 25 heavy (non-hydrogen) atoms. The van der Waals surface area contributed by atoms with E-state index in [0.717, 1.165) is 5.56 Å². The molecule has 3 aromatic rings. The number of para-hydroxylation sites is 1. The molecule has 0 aliphatic carbocycles. The molecule has 4 heteroatoms. The van der Waals surface area contributed by atoms with E-state index in [1.165, 1.54) is 0 Å². The normalized spacial score (nSPS) is 9.88. The molecule has 0 spiro atoms. The number of hydrogen-bond donors (Lipinski definition) is 1. The molecule has 0 saturated heterocycles. The molecule has 0 atom stereocenters. The fourth-order valence-corrected chi connectivity index (χ4v) is 2.38. The van der Waals surface area contributed by atoms with Crippen LogP contribution in [0.15, 0.2) is 78.9 Å². The monoisotopic (exact) mass is 328 g/mol. The van der Waals surface area contributed by atoms with Crippen molar-refractivity contribution in [3.05, 3.63) is 95.6 Å². The molecular weight excluding hydrogens is 312 g/mol. The molecule has 3 rings (SSSR count). The van der Waals surface area contributed by atoms with Gasteiger partial charge in [0.25, 0.3) is 5.91 Å². The summed E-state index contributed by atoms with van der Waals surface area (Å²) in [6, 6.07) is 25.7. The molecule has 0 heterocycles. The maximum atomic E-state index is 12.6. The van der Waals surface area contributed by atoms with Gasteiger partial charge in [-0.05, 0) is 35.9 Å². The molecule has 0 aliphatic rings. The number of nitriles is 1. The van der Waals surface area contributed by atoms with Crippen LogP contribution in [0.3, 0.4) is 0 Å². The van der Waals surface area contributed by atoms with E-state index < -0.39 is 0 Å². The number of hydrogen-bond acceptors (Lipinski definition) is 3. The van der Waals surface area contributed by atoms with Gasteiger partial charge in [0.15, 0.2) is 0 Å². The minimum absolute atomic E-state index is 0.279. The highest BCUT2D eigenvalue weighted by Crippen LogP contribution is 2.21. The first kappa shape index (κ1) is 16.3. The van der Waals surface area contributed by atoms with E-state index in [0.29, 0.717) is 29.2 Å². The summed E-state index contributed by atoms with van der Waals surface area (Å²) in [6.07, 6.45) is 0. The van der Waals surface area contributed by atoms with Gasteiger partial charge in [-0.3, -0.25) is 4.79 Å². The Bertz CT molecular complexity index is 914. The van der Waals surface area contributed by atoms with Crippen LogP contribution >= 0.6 is 0 Å². The summed E-state index contributed by atoms with van der Waals surface area (Å²) in [6.45, 7) is 0.384. The van der Waals surface area contributed by atoms with Crippen molar-refractivity contribution < 1.29 is 9.53 Å². The van der Waals surface area contributed by atoms with Gasteiger partial charge in [-0.1, -0.05) is 48.5 Å². The van der Waals surface area contributed by atoms with Gasteiger partial charge in [0.2, 0.25) is 0 Å². The van der Waals surface area contributed by atoms with Crippen molar-refractivity contribution in [1.29, 1.82) is 5.26 Å². The zero-order valence-electron chi connectivity index (χ0n) is 13.5. The van der Waals surface area contributed by atoms with E-state index in [1.807, 2.05) is 36.4 Å². The number of nitrogens with one attached hydrogen (secondary N) is 1. The van der Waals surface area contributed by atoms with Gasteiger partial charge in [0.05, 0.1) is 17.2 Å². The van der Waals surface area contributed by atoms with Crippen LogP contribution < -0.4 is 10.1 Å². The highest BCUT2D eigenvalue weighted by atomic mass is 16.5. The third-order valence-electron chi connectivity index (χ3n) is 3.62. The fourth-order valence-electron chi connectivity index (χ4n) is 2.38. The predicted molar refractivity (Wildman–Crippen MR) is 96.3 cm³/mol. The number of benzene rings is 3. The largest absolute Gasteiger partial charge is 0.488 e. The van der Waals surface area contributed by atoms with Crippen molar-refractivity contribution in [1.82, 2.24) is 0 Å². The average molecular weight is 328 g/mol. The van der Waals surface area contributed by atoms with Crippen molar-refractivity contribution >= 4 is 11.6 Å². The van der Waals surface area contributed by atoms with Gasteiger partial charge < -0.3 is 10.1 Å². The van der Waals surface area contributed by atoms with E-state index in [2.05, 4.69) is 11.4 Å². The van der Waals surface area contributed by atoms with E-state index in [9.17, 15) is 4.79 Å². The van der Waals surface area contributed by atoms with E-state index >= 15 is 0 Å². The lowest BCUT2D eigenvalue weighted by Crippen LogP contribution is -2.13. The van der Waals surface area contributed by atoms with Gasteiger partial charge in [0, 0.05) is 5.69 Å². The number of rotatable bonds is 5. The predicted octanol–water partition coefficient (Wildman–Crippen LogP) is 4.39. The van der Waals surface area contributed by atoms with Crippen molar-refractivity contribution in [3.8, 4) is 11.8 Å². The molecule has 0 radical (unpaired) electrons. The van der Waals surface area contributed by atoms with Crippen LogP contribution in [-0.2, 0) is 6.61 Å². The Morgan fingerprint density at radius 3 is 2.52 bits per heavy atom. The summed E-state index contributed by atoms with van der Waals surface area (Å²) < 4.78 is 5.81. The Morgan fingerprint density at radius 2 is 1.72 bits per heavy atom. The first-order valence-corrected chi connectivity index (χ1v) is 7.83. The number of ether oxygens (including phenoxy) is 1. The van der Waals surface area contributed by atoms with Gasteiger partial charge >= 0.3 is 0 Å². The molecule has 0 aromatic heterocycles. The molecule has 122 valence electrons. The molecular formula is C21H16N2O2. The highest BCUT2D eigenvalue weighted by molar-refractivity contribution is 6.06. The summed E-state index contributed by atoms with van der Waals surface area (Å²) in [4.78, 5) is 12.6. The molecule has 0 saturated carbocycles. The van der Waals surface area contributed by atoms with Gasteiger partial charge in [0.1, 0.15) is 12.4 Å². The molecule has 1 amide bonds. The number of carbonyl (C=O) groups excluding carboxylic acids is 1. The standard InChI is InChI=1S/C21H16N2O2/c22-14-17-9-6-10-18(13-17)23-21(24)19-11-4-5-12-20(19)25-15-16-7-2-1-3-8-16/h1-13H,15H2,(H,23,24). The van der Waals surface area contributed by atoms with Crippen LogP contribution in [0.5, 0.6) is 5.75 Å². The third-order valence-corrected chi connectivity index (χ3v) is 3.62. The lowest BCUT2D eigenvalue weighted by Gasteiger charge is -2.12. The Kier molecular flexibility index (Phi) is 5.08.